The van der Waals surface area contributed by atoms with Gasteiger partial charge in [0.2, 0.25) is 11.7 Å². The van der Waals surface area contributed by atoms with Crippen molar-refractivity contribution in [2.75, 3.05) is 22.6 Å². The SMILES string of the molecule is CN(c1ccc(F)c(NC(=O)N/C(=C/C(=N)C(C)(C)C)[NH2+]c2ccccc2)c1)c1ccc2nc(NC(=O)C3CC3)sc2n1. The Morgan fingerprint density at radius 2 is 1.81 bits per heavy atom. The fraction of sp³-hybridized carbons (Fsp3) is 0.258. The number of quaternary nitrogens is 1. The Balaban J connectivity index is 1.31. The number of para-hydroxylation sites is 1. The number of thiazole rings is 1. The maximum atomic E-state index is 14.8. The Bertz CT molecular complexity index is 1710. The molecule has 6 N–H and O–H groups in total. The summed E-state index contributed by atoms with van der Waals surface area (Å²) in [5.41, 5.74) is 1.98. The van der Waals surface area contributed by atoms with Gasteiger partial charge in [0.1, 0.15) is 27.7 Å². The monoisotopic (exact) mass is 601 g/mol. The highest BCUT2D eigenvalue weighted by atomic mass is 32.1. The number of anilines is 4. The molecular weight excluding hydrogens is 567 g/mol. The third-order valence-corrected chi connectivity index (χ3v) is 7.72. The zero-order valence-electron chi connectivity index (χ0n) is 24.4. The molecule has 2 heterocycles. The smallest absolute Gasteiger partial charge is 0.327 e. The Hall–Kier alpha value is -4.68. The van der Waals surface area contributed by atoms with Crippen LogP contribution in [-0.4, -0.2) is 34.7 Å². The number of carbonyl (C=O) groups is 2. The summed E-state index contributed by atoms with van der Waals surface area (Å²) in [7, 11) is 1.79. The average molecular weight is 602 g/mol. The van der Waals surface area contributed by atoms with Crippen LogP contribution >= 0.6 is 11.3 Å². The van der Waals surface area contributed by atoms with Crippen LogP contribution in [0.1, 0.15) is 33.6 Å². The molecule has 2 aromatic carbocycles. The first-order chi connectivity index (χ1) is 20.5. The summed E-state index contributed by atoms with van der Waals surface area (Å²) in [6, 6.07) is 16.8. The van der Waals surface area contributed by atoms with E-state index in [1.54, 1.807) is 35.5 Å². The highest BCUT2D eigenvalue weighted by Crippen LogP contribution is 2.33. The molecule has 0 unspecified atom stereocenters. The molecule has 1 saturated carbocycles. The highest BCUT2D eigenvalue weighted by molar-refractivity contribution is 7.22. The number of nitrogens with zero attached hydrogens (tertiary/aromatic N) is 3. The molecule has 0 radical (unpaired) electrons. The van der Waals surface area contributed by atoms with Crippen molar-refractivity contribution < 1.29 is 19.3 Å². The van der Waals surface area contributed by atoms with Crippen LogP contribution in [0.25, 0.3) is 10.3 Å². The predicted octanol–water partition coefficient (Wildman–Crippen LogP) is 5.87. The molecule has 43 heavy (non-hydrogen) atoms. The third-order valence-electron chi connectivity index (χ3n) is 6.84. The van der Waals surface area contributed by atoms with Gasteiger partial charge in [-0.2, -0.15) is 0 Å². The zero-order valence-corrected chi connectivity index (χ0v) is 25.2. The lowest BCUT2D eigenvalue weighted by atomic mass is 9.90. The van der Waals surface area contributed by atoms with E-state index in [0.29, 0.717) is 38.5 Å². The van der Waals surface area contributed by atoms with E-state index >= 15 is 0 Å². The van der Waals surface area contributed by atoms with Gasteiger partial charge >= 0.3 is 6.03 Å². The van der Waals surface area contributed by atoms with Crippen molar-refractivity contribution in [1.82, 2.24) is 15.3 Å². The van der Waals surface area contributed by atoms with Gasteiger partial charge in [-0.1, -0.05) is 50.3 Å². The molecule has 1 aliphatic rings. The number of amides is 3. The molecule has 5 rings (SSSR count). The number of nitrogens with one attached hydrogen (secondary N) is 4. The molecule has 1 aliphatic carbocycles. The first-order valence-electron chi connectivity index (χ1n) is 13.9. The molecule has 3 amide bonds. The van der Waals surface area contributed by atoms with Crippen LogP contribution in [-0.2, 0) is 4.79 Å². The van der Waals surface area contributed by atoms with Crippen molar-refractivity contribution in [3.8, 4) is 0 Å². The van der Waals surface area contributed by atoms with Crippen LogP contribution in [0.15, 0.2) is 72.6 Å². The van der Waals surface area contributed by atoms with Gasteiger partial charge in [-0.05, 0) is 55.3 Å². The summed E-state index contributed by atoms with van der Waals surface area (Å²) in [6.45, 7) is 5.74. The van der Waals surface area contributed by atoms with Gasteiger partial charge in [-0.25, -0.2) is 19.2 Å². The maximum absolute atomic E-state index is 14.8. The summed E-state index contributed by atoms with van der Waals surface area (Å²) >= 11 is 1.29. The standard InChI is InChI=1S/C31H33FN8O2S/c1-31(2,3)24(33)17-25(34-19-8-6-5-7-9-19)37-29(42)35-23-16-20(12-13-21(23)32)40(4)26-15-14-22-28(38-26)43-30(36-22)39-27(41)18-10-11-18/h5-9,12-18,33-34H,10-11H2,1-4H3,(H2,35,37,42)(H,36,39,41)/p+1/b25-17+,33-24?. The van der Waals surface area contributed by atoms with Gasteiger partial charge in [-0.3, -0.25) is 15.4 Å². The quantitative estimate of drug-likeness (QED) is 0.121. The van der Waals surface area contributed by atoms with Gasteiger partial charge < -0.3 is 20.9 Å². The van der Waals surface area contributed by atoms with Crippen molar-refractivity contribution in [2.24, 2.45) is 11.3 Å². The number of urea groups is 1. The third kappa shape index (κ3) is 7.59. The summed E-state index contributed by atoms with van der Waals surface area (Å²) in [5, 5.41) is 18.9. The fourth-order valence-electron chi connectivity index (χ4n) is 4.05. The second-order valence-corrected chi connectivity index (χ2v) is 12.4. The van der Waals surface area contributed by atoms with Crippen molar-refractivity contribution >= 4 is 67.3 Å². The van der Waals surface area contributed by atoms with E-state index < -0.39 is 17.3 Å². The number of nitrogens with two attached hydrogens (primary N) is 1. The first-order valence-corrected chi connectivity index (χ1v) is 14.7. The lowest BCUT2D eigenvalue weighted by molar-refractivity contribution is -0.522. The minimum absolute atomic E-state index is 0.0141. The number of hydrogen-bond acceptors (Lipinski definition) is 7. The predicted molar refractivity (Wildman–Crippen MR) is 169 cm³/mol. The number of rotatable bonds is 9. The number of fused-ring (bicyclic) bond motifs is 1. The van der Waals surface area contributed by atoms with Crippen LogP contribution < -0.4 is 26.2 Å². The van der Waals surface area contributed by atoms with Crippen molar-refractivity contribution in [3.63, 3.8) is 0 Å². The van der Waals surface area contributed by atoms with Crippen LogP contribution in [0.5, 0.6) is 0 Å². The van der Waals surface area contributed by atoms with Gasteiger partial charge in [0.25, 0.3) is 0 Å². The molecule has 222 valence electrons. The number of carbonyl (C=O) groups excluding carboxylic acids is 2. The molecule has 0 aliphatic heterocycles. The largest absolute Gasteiger partial charge is 0.329 e. The maximum Gasteiger partial charge on any atom is 0.327 e. The lowest BCUT2D eigenvalue weighted by Crippen LogP contribution is -2.79. The molecule has 10 nitrogen and oxygen atoms in total. The molecule has 0 spiro atoms. The Morgan fingerprint density at radius 1 is 1.07 bits per heavy atom. The highest BCUT2D eigenvalue weighted by Gasteiger charge is 2.30. The van der Waals surface area contributed by atoms with E-state index in [-0.39, 0.29) is 17.5 Å². The summed E-state index contributed by atoms with van der Waals surface area (Å²) in [5.74, 6) is 0.439. The average Bonchev–Trinajstić information content (AvgIpc) is 3.74. The van der Waals surface area contributed by atoms with Crippen LogP contribution in [0, 0.1) is 22.6 Å². The number of benzene rings is 2. The lowest BCUT2D eigenvalue weighted by Gasteiger charge is -2.20. The molecular formula is C31H34FN8O2S+. The van der Waals surface area contributed by atoms with E-state index in [1.807, 2.05) is 57.2 Å². The number of aromatic nitrogens is 2. The van der Waals surface area contributed by atoms with Gasteiger partial charge in [0, 0.05) is 35.9 Å². The van der Waals surface area contributed by atoms with Crippen LogP contribution in [0.3, 0.4) is 0 Å². The molecule has 0 saturated heterocycles. The zero-order chi connectivity index (χ0) is 30.7. The number of allylic oxidation sites excluding steroid dienone is 1. The minimum Gasteiger partial charge on any atom is -0.329 e. The summed E-state index contributed by atoms with van der Waals surface area (Å²) < 4.78 is 14.8. The molecule has 2 aromatic heterocycles. The van der Waals surface area contributed by atoms with Crippen LogP contribution in [0.2, 0.25) is 0 Å². The van der Waals surface area contributed by atoms with E-state index in [9.17, 15) is 14.0 Å². The second kappa shape index (κ2) is 12.3. The summed E-state index contributed by atoms with van der Waals surface area (Å²) in [6.07, 6.45) is 3.41. The Morgan fingerprint density at radius 3 is 2.51 bits per heavy atom. The van der Waals surface area contributed by atoms with E-state index in [0.717, 1.165) is 18.5 Å². The Kier molecular flexibility index (Phi) is 8.51. The van der Waals surface area contributed by atoms with Gasteiger partial charge in [0.15, 0.2) is 5.13 Å². The topological polar surface area (TPSA) is 140 Å². The van der Waals surface area contributed by atoms with Crippen molar-refractivity contribution in [1.29, 1.82) is 5.41 Å². The summed E-state index contributed by atoms with van der Waals surface area (Å²) in [4.78, 5) is 36.7. The minimum atomic E-state index is -0.649. The fourth-order valence-corrected chi connectivity index (χ4v) is 4.89. The number of hydrogen-bond donors (Lipinski definition) is 5. The van der Waals surface area contributed by atoms with Crippen molar-refractivity contribution in [2.45, 2.75) is 33.6 Å². The van der Waals surface area contributed by atoms with Gasteiger partial charge in [-0.15, -0.1) is 0 Å². The van der Waals surface area contributed by atoms with E-state index in [1.165, 1.54) is 23.5 Å². The van der Waals surface area contributed by atoms with E-state index in [2.05, 4.69) is 25.9 Å². The van der Waals surface area contributed by atoms with E-state index in [4.69, 9.17) is 5.41 Å². The molecule has 0 atom stereocenters. The van der Waals surface area contributed by atoms with Crippen molar-refractivity contribution in [3.05, 3.63) is 78.4 Å². The number of halogens is 1. The number of pyridine rings is 1. The molecule has 4 aromatic rings. The second-order valence-electron chi connectivity index (χ2n) is 11.4. The first kappa shape index (κ1) is 29.8. The van der Waals surface area contributed by atoms with Gasteiger partial charge in [0.05, 0.1) is 5.69 Å². The molecule has 1 fully saturated rings. The molecule has 0 bridgehead atoms. The van der Waals surface area contributed by atoms with Crippen LogP contribution in [0.4, 0.5) is 37.2 Å². The Labute approximate surface area is 252 Å². The molecule has 12 heteroatoms. The normalized spacial score (nSPS) is 13.5.